The SMILES string of the molecule is CCc1cc(-c2noc(-c3cc(C)cc(CN(C)CC(C)C)c3)n2)cc(C)c1OC[C@@H](O)CC(O)C(N)=O. The maximum atomic E-state index is 11.0. The van der Waals surface area contributed by atoms with Crippen LogP contribution in [0.15, 0.2) is 34.9 Å². The van der Waals surface area contributed by atoms with Crippen molar-refractivity contribution in [2.24, 2.45) is 11.7 Å². The number of aliphatic hydroxyl groups excluding tert-OH is 2. The number of carbonyl (C=O) groups is 1. The Kier molecular flexibility index (Phi) is 10.0. The molecule has 3 aromatic rings. The average Bonchev–Trinajstić information content (AvgIpc) is 3.32. The zero-order valence-electron chi connectivity index (χ0n) is 23.2. The Morgan fingerprint density at radius 2 is 1.87 bits per heavy atom. The quantitative estimate of drug-likeness (QED) is 0.308. The van der Waals surface area contributed by atoms with Gasteiger partial charge in [-0.05, 0) is 74.2 Å². The van der Waals surface area contributed by atoms with Crippen LogP contribution in [0.2, 0.25) is 0 Å². The lowest BCUT2D eigenvalue weighted by atomic mass is 10.0. The molecule has 0 radical (unpaired) electrons. The monoisotopic (exact) mass is 524 g/mol. The zero-order valence-corrected chi connectivity index (χ0v) is 23.2. The molecule has 9 heteroatoms. The van der Waals surface area contributed by atoms with Crippen molar-refractivity contribution in [3.05, 3.63) is 52.6 Å². The second kappa shape index (κ2) is 13.0. The fourth-order valence-electron chi connectivity index (χ4n) is 4.60. The van der Waals surface area contributed by atoms with Gasteiger partial charge in [0.2, 0.25) is 11.7 Å². The van der Waals surface area contributed by atoms with E-state index in [9.17, 15) is 15.0 Å². The Morgan fingerprint density at radius 3 is 2.53 bits per heavy atom. The van der Waals surface area contributed by atoms with Crippen molar-refractivity contribution in [2.45, 2.75) is 66.2 Å². The molecule has 38 heavy (non-hydrogen) atoms. The summed E-state index contributed by atoms with van der Waals surface area (Å²) in [6.07, 6.45) is -1.96. The van der Waals surface area contributed by atoms with Gasteiger partial charge in [-0.2, -0.15) is 4.98 Å². The van der Waals surface area contributed by atoms with E-state index in [1.54, 1.807) is 0 Å². The molecule has 4 N–H and O–H groups in total. The Morgan fingerprint density at radius 1 is 1.13 bits per heavy atom. The Balaban J connectivity index is 1.79. The molecular weight excluding hydrogens is 484 g/mol. The minimum absolute atomic E-state index is 0.0774. The minimum atomic E-state index is -1.42. The van der Waals surface area contributed by atoms with E-state index < -0.39 is 18.1 Å². The lowest BCUT2D eigenvalue weighted by molar-refractivity contribution is -0.127. The van der Waals surface area contributed by atoms with E-state index in [1.807, 2.05) is 32.0 Å². The zero-order chi connectivity index (χ0) is 28.0. The van der Waals surface area contributed by atoms with Crippen molar-refractivity contribution in [3.63, 3.8) is 0 Å². The second-order valence-electron chi connectivity index (χ2n) is 10.5. The summed E-state index contributed by atoms with van der Waals surface area (Å²) in [6, 6.07) is 10.2. The number of nitrogens with two attached hydrogens (primary N) is 1. The van der Waals surface area contributed by atoms with Crippen LogP contribution < -0.4 is 10.5 Å². The van der Waals surface area contributed by atoms with Crippen LogP contribution in [0.4, 0.5) is 0 Å². The maximum Gasteiger partial charge on any atom is 0.258 e. The summed E-state index contributed by atoms with van der Waals surface area (Å²) < 4.78 is 11.5. The number of hydrogen-bond acceptors (Lipinski definition) is 8. The summed E-state index contributed by atoms with van der Waals surface area (Å²) in [4.78, 5) is 18.0. The van der Waals surface area contributed by atoms with Crippen molar-refractivity contribution >= 4 is 5.91 Å². The topological polar surface area (TPSA) is 135 Å². The molecule has 0 fully saturated rings. The third-order valence-electron chi connectivity index (χ3n) is 6.17. The minimum Gasteiger partial charge on any atom is -0.490 e. The van der Waals surface area contributed by atoms with Gasteiger partial charge in [-0.15, -0.1) is 0 Å². The van der Waals surface area contributed by atoms with Crippen molar-refractivity contribution in [3.8, 4) is 28.6 Å². The first-order valence-electron chi connectivity index (χ1n) is 13.0. The third kappa shape index (κ3) is 7.86. The molecule has 0 saturated carbocycles. The molecule has 1 aromatic heterocycles. The van der Waals surface area contributed by atoms with Gasteiger partial charge in [-0.1, -0.05) is 37.6 Å². The molecule has 0 aliphatic carbocycles. The van der Waals surface area contributed by atoms with Gasteiger partial charge in [0.25, 0.3) is 5.89 Å². The van der Waals surface area contributed by atoms with Gasteiger partial charge in [0.15, 0.2) is 0 Å². The number of aromatic nitrogens is 2. The molecule has 3 rings (SSSR count). The molecule has 1 heterocycles. The molecule has 2 aromatic carbocycles. The normalized spacial score (nSPS) is 13.2. The van der Waals surface area contributed by atoms with Crippen LogP contribution in [0, 0.1) is 19.8 Å². The van der Waals surface area contributed by atoms with E-state index in [-0.39, 0.29) is 13.0 Å². The van der Waals surface area contributed by atoms with E-state index >= 15 is 0 Å². The summed E-state index contributed by atoms with van der Waals surface area (Å²) in [5, 5.41) is 23.9. The predicted molar refractivity (Wildman–Crippen MR) is 147 cm³/mol. The molecule has 0 saturated heterocycles. The molecule has 0 aliphatic rings. The Bertz CT molecular complexity index is 1240. The Hall–Kier alpha value is -3.27. The summed E-state index contributed by atoms with van der Waals surface area (Å²) in [6.45, 7) is 12.2. The average molecular weight is 525 g/mol. The smallest absolute Gasteiger partial charge is 0.258 e. The molecule has 1 unspecified atom stereocenters. The first kappa shape index (κ1) is 29.3. The summed E-state index contributed by atoms with van der Waals surface area (Å²) in [5.41, 5.74) is 10.8. The van der Waals surface area contributed by atoms with E-state index in [2.05, 4.69) is 55.0 Å². The number of ether oxygens (including phenoxy) is 1. The van der Waals surface area contributed by atoms with Crippen molar-refractivity contribution in [2.75, 3.05) is 20.2 Å². The van der Waals surface area contributed by atoms with Gasteiger partial charge in [-0.3, -0.25) is 4.79 Å². The number of aliphatic hydroxyl groups is 2. The van der Waals surface area contributed by atoms with Crippen LogP contribution in [-0.4, -0.2) is 63.6 Å². The summed E-state index contributed by atoms with van der Waals surface area (Å²) in [7, 11) is 2.12. The summed E-state index contributed by atoms with van der Waals surface area (Å²) in [5.74, 6) is 1.30. The Labute approximate surface area is 224 Å². The van der Waals surface area contributed by atoms with Crippen LogP contribution >= 0.6 is 0 Å². The summed E-state index contributed by atoms with van der Waals surface area (Å²) >= 11 is 0. The lowest BCUT2D eigenvalue weighted by Crippen LogP contribution is -2.33. The predicted octanol–water partition coefficient (Wildman–Crippen LogP) is 3.65. The maximum absolute atomic E-state index is 11.0. The van der Waals surface area contributed by atoms with Crippen LogP contribution in [0.3, 0.4) is 0 Å². The lowest BCUT2D eigenvalue weighted by Gasteiger charge is -2.19. The molecule has 206 valence electrons. The number of benzene rings is 2. The van der Waals surface area contributed by atoms with E-state index in [0.29, 0.717) is 29.8 Å². The van der Waals surface area contributed by atoms with Crippen molar-refractivity contribution in [1.29, 1.82) is 0 Å². The largest absolute Gasteiger partial charge is 0.490 e. The molecule has 9 nitrogen and oxygen atoms in total. The van der Waals surface area contributed by atoms with E-state index in [1.165, 1.54) is 5.56 Å². The molecule has 1 amide bonds. The molecule has 2 atom stereocenters. The fourth-order valence-corrected chi connectivity index (χ4v) is 4.60. The molecule has 0 aliphatic heterocycles. The first-order valence-corrected chi connectivity index (χ1v) is 13.0. The van der Waals surface area contributed by atoms with Crippen molar-refractivity contribution in [1.82, 2.24) is 15.0 Å². The third-order valence-corrected chi connectivity index (χ3v) is 6.17. The number of aryl methyl sites for hydroxylation is 3. The highest BCUT2D eigenvalue weighted by Crippen LogP contribution is 2.32. The van der Waals surface area contributed by atoms with Crippen molar-refractivity contribution < 1.29 is 24.3 Å². The molecule has 0 bridgehead atoms. The van der Waals surface area contributed by atoms with Crippen LogP contribution in [-0.2, 0) is 17.8 Å². The van der Waals surface area contributed by atoms with Gasteiger partial charge >= 0.3 is 0 Å². The molecular formula is C29H40N4O5. The van der Waals surface area contributed by atoms with Crippen LogP contribution in [0.1, 0.15) is 49.4 Å². The van der Waals surface area contributed by atoms with Gasteiger partial charge in [0.1, 0.15) is 18.5 Å². The number of primary amides is 1. The number of rotatable bonds is 13. The first-order chi connectivity index (χ1) is 18.0. The highest BCUT2D eigenvalue weighted by molar-refractivity contribution is 5.78. The van der Waals surface area contributed by atoms with E-state index in [4.69, 9.17) is 15.0 Å². The van der Waals surface area contributed by atoms with Crippen LogP contribution in [0.5, 0.6) is 5.75 Å². The standard InChI is InChI=1S/C29H40N4O5/c1-7-21-12-22(10-19(5)26(21)37-16-24(34)13-25(35)27(30)36)28-31-29(38-32-28)23-9-18(4)8-20(11-23)15-33(6)14-17(2)3/h8-12,17,24-25,34-35H,7,13-16H2,1-6H3,(H2,30,36)/t24-,25?/m0/s1. The fraction of sp³-hybridized carbons (Fsp3) is 0.483. The number of amides is 1. The highest BCUT2D eigenvalue weighted by Gasteiger charge is 2.20. The number of hydrogen-bond donors (Lipinski definition) is 3. The second-order valence-corrected chi connectivity index (χ2v) is 10.5. The highest BCUT2D eigenvalue weighted by atomic mass is 16.5. The molecule has 0 spiro atoms. The van der Waals surface area contributed by atoms with E-state index in [0.717, 1.165) is 40.9 Å². The van der Waals surface area contributed by atoms with Gasteiger partial charge in [0, 0.05) is 30.6 Å². The van der Waals surface area contributed by atoms with Gasteiger partial charge in [-0.25, -0.2) is 0 Å². The number of carbonyl (C=O) groups excluding carboxylic acids is 1. The van der Waals surface area contributed by atoms with Gasteiger partial charge in [0.05, 0.1) is 6.10 Å². The van der Waals surface area contributed by atoms with Crippen LogP contribution in [0.25, 0.3) is 22.8 Å². The van der Waals surface area contributed by atoms with Gasteiger partial charge < -0.3 is 30.1 Å². The number of nitrogens with zero attached hydrogens (tertiary/aromatic N) is 3.